The van der Waals surface area contributed by atoms with Crippen molar-refractivity contribution in [2.75, 3.05) is 12.4 Å². The number of ether oxygens (including phenoxy) is 1. The second kappa shape index (κ2) is 10.5. The number of carbonyl (C=O) groups is 2. The summed E-state index contributed by atoms with van der Waals surface area (Å²) >= 11 is 12.8. The molecule has 27 heavy (non-hydrogen) atoms. The summed E-state index contributed by atoms with van der Waals surface area (Å²) in [5, 5.41) is 9.64. The Morgan fingerprint density at radius 1 is 1.04 bits per heavy atom. The van der Waals surface area contributed by atoms with Crippen molar-refractivity contribution in [2.45, 2.75) is 17.8 Å². The fraction of sp³-hybridized carbons (Fsp3) is 0.263. The van der Waals surface area contributed by atoms with Gasteiger partial charge in [-0.25, -0.2) is 14.0 Å². The fourth-order valence-electron chi connectivity index (χ4n) is 2.21. The maximum Gasteiger partial charge on any atom is 0.338 e. The van der Waals surface area contributed by atoms with Gasteiger partial charge in [-0.2, -0.15) is 11.8 Å². The molecule has 1 heterocycles. The number of carbonyl (C=O) groups excluding carboxylic acids is 1. The molecule has 4 nitrogen and oxygen atoms in total. The van der Waals surface area contributed by atoms with E-state index in [4.69, 9.17) is 33.0 Å². The second-order valence-electron chi connectivity index (χ2n) is 5.71. The number of carboxylic acids is 1. The van der Waals surface area contributed by atoms with Crippen LogP contribution in [0.15, 0.2) is 48.5 Å². The van der Waals surface area contributed by atoms with Gasteiger partial charge in [0.1, 0.15) is 12.8 Å². The highest BCUT2D eigenvalue weighted by Crippen LogP contribution is 2.29. The quantitative estimate of drug-likeness (QED) is 0.659. The topological polar surface area (TPSA) is 63.6 Å². The minimum absolute atomic E-state index is 0.0845. The molecular weight excluding hydrogens is 414 g/mol. The average Bonchev–Trinajstić information content (AvgIpc) is 3.06. The van der Waals surface area contributed by atoms with Crippen molar-refractivity contribution >= 4 is 46.9 Å². The first-order chi connectivity index (χ1) is 12.8. The van der Waals surface area contributed by atoms with E-state index in [9.17, 15) is 14.0 Å². The third kappa shape index (κ3) is 7.40. The summed E-state index contributed by atoms with van der Waals surface area (Å²) in [6, 6.07) is 12.5. The molecule has 1 aliphatic rings. The third-order valence-corrected chi connectivity index (χ3v) is 5.46. The molecule has 1 saturated heterocycles. The highest BCUT2D eigenvalue weighted by atomic mass is 35.5. The molecule has 0 radical (unpaired) electrons. The Morgan fingerprint density at radius 2 is 1.56 bits per heavy atom. The normalized spacial score (nSPS) is 18.3. The van der Waals surface area contributed by atoms with Crippen LogP contribution in [-0.2, 0) is 4.74 Å². The Bertz CT molecular complexity index is 768. The molecule has 0 spiro atoms. The highest BCUT2D eigenvalue weighted by molar-refractivity contribution is 8.00. The molecule has 0 unspecified atom stereocenters. The fourth-order valence-corrected chi connectivity index (χ4v) is 3.59. The van der Waals surface area contributed by atoms with Gasteiger partial charge in [0, 0.05) is 21.0 Å². The van der Waals surface area contributed by atoms with Gasteiger partial charge in [-0.05, 0) is 55.0 Å². The molecule has 0 amide bonds. The minimum Gasteiger partial charge on any atom is -0.478 e. The molecule has 2 aromatic rings. The number of thioether (sulfide) groups is 1. The predicted molar refractivity (Wildman–Crippen MR) is 106 cm³/mol. The van der Waals surface area contributed by atoms with Gasteiger partial charge in [0.15, 0.2) is 0 Å². The lowest BCUT2D eigenvalue weighted by Crippen LogP contribution is -2.15. The lowest BCUT2D eigenvalue weighted by atomic mass is 10.2. The highest BCUT2D eigenvalue weighted by Gasteiger charge is 2.26. The van der Waals surface area contributed by atoms with E-state index >= 15 is 0 Å². The number of halogens is 3. The number of esters is 1. The summed E-state index contributed by atoms with van der Waals surface area (Å²) in [5.74, 6) is -0.815. The van der Waals surface area contributed by atoms with Gasteiger partial charge in [-0.1, -0.05) is 23.2 Å². The van der Waals surface area contributed by atoms with Gasteiger partial charge in [-0.3, -0.25) is 0 Å². The van der Waals surface area contributed by atoms with Crippen LogP contribution >= 0.6 is 35.0 Å². The first-order valence-corrected chi connectivity index (χ1v) is 9.83. The van der Waals surface area contributed by atoms with Gasteiger partial charge in [0.05, 0.1) is 11.1 Å². The third-order valence-electron chi connectivity index (χ3n) is 3.60. The van der Waals surface area contributed by atoms with Crippen LogP contribution in [0.3, 0.4) is 0 Å². The number of carboxylic acid groups (broad SMARTS) is 1. The van der Waals surface area contributed by atoms with Crippen molar-refractivity contribution in [3.05, 3.63) is 69.7 Å². The van der Waals surface area contributed by atoms with Crippen molar-refractivity contribution in [3.8, 4) is 0 Å². The molecule has 3 rings (SSSR count). The summed E-state index contributed by atoms with van der Waals surface area (Å²) in [7, 11) is 0. The van der Waals surface area contributed by atoms with E-state index in [1.54, 1.807) is 36.4 Å². The summed E-state index contributed by atoms with van der Waals surface area (Å²) in [4.78, 5) is 21.9. The molecule has 0 aliphatic carbocycles. The van der Waals surface area contributed by atoms with Gasteiger partial charge in [0.2, 0.25) is 0 Å². The first-order valence-electron chi connectivity index (χ1n) is 8.02. The van der Waals surface area contributed by atoms with Crippen molar-refractivity contribution in [1.29, 1.82) is 0 Å². The SMILES string of the molecule is O=C(O)c1ccc(Cl)cc1.O=C(OC[C@H]1C[C@H](F)CS1)c1ccc(Cl)cc1. The molecule has 0 aromatic heterocycles. The van der Waals surface area contributed by atoms with Crippen LogP contribution in [0.1, 0.15) is 27.1 Å². The largest absolute Gasteiger partial charge is 0.478 e. The van der Waals surface area contributed by atoms with Crippen LogP contribution in [0.5, 0.6) is 0 Å². The van der Waals surface area contributed by atoms with Gasteiger partial charge in [-0.15, -0.1) is 0 Å². The molecule has 2 atom stereocenters. The van der Waals surface area contributed by atoms with Gasteiger partial charge < -0.3 is 9.84 Å². The molecule has 8 heteroatoms. The van der Waals surface area contributed by atoms with Crippen molar-refractivity contribution < 1.29 is 23.8 Å². The molecule has 1 N–H and O–H groups in total. The maximum absolute atomic E-state index is 12.9. The minimum atomic E-state index is -0.934. The Morgan fingerprint density at radius 3 is 2.00 bits per heavy atom. The number of rotatable bonds is 4. The monoisotopic (exact) mass is 430 g/mol. The number of hydrogen-bond donors (Lipinski definition) is 1. The van der Waals surface area contributed by atoms with Gasteiger partial charge >= 0.3 is 11.9 Å². The lowest BCUT2D eigenvalue weighted by Gasteiger charge is -2.09. The number of benzene rings is 2. The van der Waals surface area contributed by atoms with Crippen molar-refractivity contribution in [2.24, 2.45) is 0 Å². The number of alkyl halides is 1. The molecule has 1 fully saturated rings. The summed E-state index contributed by atoms with van der Waals surface area (Å²) in [6.45, 7) is 0.270. The zero-order chi connectivity index (χ0) is 19.8. The van der Waals surface area contributed by atoms with Crippen molar-refractivity contribution in [1.82, 2.24) is 0 Å². The maximum atomic E-state index is 12.9. The molecule has 2 aromatic carbocycles. The van der Waals surface area contributed by atoms with Crippen LogP contribution in [-0.4, -0.2) is 40.8 Å². The van der Waals surface area contributed by atoms with Crippen molar-refractivity contribution in [3.63, 3.8) is 0 Å². The molecule has 144 valence electrons. The summed E-state index contributed by atoms with van der Waals surface area (Å²) < 4.78 is 18.0. The van der Waals surface area contributed by atoms with E-state index in [2.05, 4.69) is 0 Å². The second-order valence-corrected chi connectivity index (χ2v) is 7.91. The predicted octanol–water partition coefficient (Wildman–Crippen LogP) is 5.38. The van der Waals surface area contributed by atoms with E-state index in [1.165, 1.54) is 23.9 Å². The standard InChI is InChI=1S/C12H12ClFO2S.C7H5ClO2/c13-9-3-1-8(2-4-9)12(15)16-6-11-5-10(14)7-17-11;8-6-3-1-5(2-4-6)7(9)10/h1-4,10-11H,5-7H2;1-4H,(H,9,10)/t10-,11+;/m0./s1. The zero-order valence-corrected chi connectivity index (χ0v) is 16.4. The Hall–Kier alpha value is -1.76. The lowest BCUT2D eigenvalue weighted by molar-refractivity contribution is 0.0501. The summed E-state index contributed by atoms with van der Waals surface area (Å²) in [6.07, 6.45) is -0.294. The number of aromatic carboxylic acids is 1. The Balaban J connectivity index is 0.000000223. The number of hydrogen-bond acceptors (Lipinski definition) is 4. The molecule has 0 saturated carbocycles. The average molecular weight is 431 g/mol. The smallest absolute Gasteiger partial charge is 0.338 e. The molecular formula is C19H17Cl2FO4S. The van der Waals surface area contributed by atoms with E-state index in [-0.39, 0.29) is 23.4 Å². The van der Waals surface area contributed by atoms with E-state index < -0.39 is 12.1 Å². The van der Waals surface area contributed by atoms with Crippen LogP contribution in [0.2, 0.25) is 10.0 Å². The molecule has 1 aliphatic heterocycles. The first kappa shape index (κ1) is 21.5. The van der Waals surface area contributed by atoms with Crippen LogP contribution in [0.25, 0.3) is 0 Å². The van der Waals surface area contributed by atoms with Crippen LogP contribution in [0, 0.1) is 0 Å². The summed E-state index contributed by atoms with van der Waals surface area (Å²) in [5.41, 5.74) is 0.721. The van der Waals surface area contributed by atoms with E-state index in [0.717, 1.165) is 0 Å². The van der Waals surface area contributed by atoms with E-state index in [0.29, 0.717) is 27.8 Å². The van der Waals surface area contributed by atoms with Gasteiger partial charge in [0.25, 0.3) is 0 Å². The van der Waals surface area contributed by atoms with Crippen LogP contribution < -0.4 is 0 Å². The Labute approximate surface area is 170 Å². The van der Waals surface area contributed by atoms with Crippen LogP contribution in [0.4, 0.5) is 4.39 Å². The zero-order valence-electron chi connectivity index (χ0n) is 14.1. The molecule has 0 bridgehead atoms. The van der Waals surface area contributed by atoms with E-state index in [1.807, 2.05) is 0 Å². The Kier molecular flexibility index (Phi) is 8.41.